The van der Waals surface area contributed by atoms with E-state index in [1.54, 1.807) is 4.90 Å². The number of thiophene rings is 1. The molecule has 2 aromatic heterocycles. The molecule has 3 unspecified atom stereocenters. The Morgan fingerprint density at radius 3 is 2.85 bits per heavy atom. The fraction of sp³-hybridized carbons (Fsp3) is 0.556. The summed E-state index contributed by atoms with van der Waals surface area (Å²) in [4.78, 5) is 15.4. The molecule has 1 saturated heterocycles. The van der Waals surface area contributed by atoms with E-state index in [2.05, 4.69) is 10.4 Å². The van der Waals surface area contributed by atoms with Crippen LogP contribution >= 0.6 is 11.3 Å². The molecule has 1 fully saturated rings. The smallest absolute Gasteiger partial charge is 0.363 e. The zero-order valence-electron chi connectivity index (χ0n) is 14.9. The lowest BCUT2D eigenvalue weighted by atomic mass is 10.0. The molecule has 0 bridgehead atoms. The van der Waals surface area contributed by atoms with E-state index in [4.69, 9.17) is 0 Å². The highest BCUT2D eigenvalue weighted by molar-refractivity contribution is 7.10. The highest BCUT2D eigenvalue weighted by Crippen LogP contribution is 2.44. The Hall–Kier alpha value is -2.03. The number of halogens is 3. The predicted molar refractivity (Wildman–Crippen MR) is 97.0 cm³/mol. The van der Waals surface area contributed by atoms with E-state index in [0.29, 0.717) is 6.54 Å². The van der Waals surface area contributed by atoms with Crippen LogP contribution in [0.3, 0.4) is 0 Å². The summed E-state index contributed by atoms with van der Waals surface area (Å²) >= 11 is 1.42. The zero-order valence-corrected chi connectivity index (χ0v) is 15.7. The van der Waals surface area contributed by atoms with Gasteiger partial charge in [-0.3, -0.25) is 4.79 Å². The van der Waals surface area contributed by atoms with Crippen LogP contribution in [-0.4, -0.2) is 39.4 Å². The lowest BCUT2D eigenvalue weighted by molar-refractivity contribution is -0.173. The van der Waals surface area contributed by atoms with Crippen molar-refractivity contribution in [2.75, 3.05) is 11.9 Å². The topological polar surface area (TPSA) is 50.2 Å². The maximum atomic E-state index is 13.7. The van der Waals surface area contributed by atoms with E-state index in [9.17, 15) is 18.0 Å². The van der Waals surface area contributed by atoms with Crippen molar-refractivity contribution in [2.45, 2.75) is 56.9 Å². The molecule has 2 aliphatic heterocycles. The molecule has 5 nitrogen and oxygen atoms in total. The molecule has 0 spiro atoms. The second-order valence-corrected chi connectivity index (χ2v) is 8.19. The highest BCUT2D eigenvalue weighted by Gasteiger charge is 2.47. The van der Waals surface area contributed by atoms with Crippen molar-refractivity contribution >= 4 is 23.1 Å². The average molecular weight is 398 g/mol. The number of alkyl halides is 3. The lowest BCUT2D eigenvalue weighted by Gasteiger charge is -2.33. The summed E-state index contributed by atoms with van der Waals surface area (Å²) in [5, 5.41) is 9.05. The first-order chi connectivity index (χ1) is 12.8. The summed E-state index contributed by atoms with van der Waals surface area (Å²) in [5.74, 6) is -0.0468. The molecule has 1 amide bonds. The number of nitrogens with zero attached hydrogens (tertiary/aromatic N) is 3. The number of amides is 1. The van der Waals surface area contributed by atoms with Crippen LogP contribution in [0.15, 0.2) is 23.6 Å². The molecule has 1 N–H and O–H groups in total. The van der Waals surface area contributed by atoms with Crippen LogP contribution in [-0.2, 0) is 0 Å². The molecular weight excluding hydrogens is 377 g/mol. The van der Waals surface area contributed by atoms with Gasteiger partial charge in [0.15, 0.2) is 11.7 Å². The highest BCUT2D eigenvalue weighted by atomic mass is 32.1. The number of carbonyl (C=O) groups excluding carboxylic acids is 1. The van der Waals surface area contributed by atoms with Crippen LogP contribution in [0.2, 0.25) is 0 Å². The van der Waals surface area contributed by atoms with Crippen LogP contribution < -0.4 is 5.32 Å². The van der Waals surface area contributed by atoms with Gasteiger partial charge in [0.05, 0.1) is 6.04 Å². The summed E-state index contributed by atoms with van der Waals surface area (Å²) in [7, 11) is 0. The van der Waals surface area contributed by atoms with Crippen molar-refractivity contribution in [2.24, 2.45) is 0 Å². The molecule has 4 heterocycles. The molecule has 2 aromatic rings. The third-order valence-electron chi connectivity index (χ3n) is 5.36. The molecule has 0 aliphatic carbocycles. The fourth-order valence-corrected chi connectivity index (χ4v) is 4.69. The molecule has 0 radical (unpaired) electrons. The van der Waals surface area contributed by atoms with E-state index in [1.165, 1.54) is 17.4 Å². The normalized spacial score (nSPS) is 25.8. The van der Waals surface area contributed by atoms with Crippen LogP contribution in [0, 0.1) is 0 Å². The minimum Gasteiger partial charge on any atom is -0.363 e. The monoisotopic (exact) mass is 398 g/mol. The van der Waals surface area contributed by atoms with Crippen molar-refractivity contribution in [1.82, 2.24) is 14.7 Å². The molecule has 0 aromatic carbocycles. The van der Waals surface area contributed by atoms with Gasteiger partial charge in [0.25, 0.3) is 5.91 Å². The van der Waals surface area contributed by atoms with Crippen LogP contribution in [0.1, 0.15) is 60.1 Å². The number of hydrogen-bond donors (Lipinski definition) is 1. The first-order valence-corrected chi connectivity index (χ1v) is 9.99. The Balaban J connectivity index is 1.66. The van der Waals surface area contributed by atoms with Crippen molar-refractivity contribution in [3.8, 4) is 0 Å². The minimum atomic E-state index is -4.43. The number of hydrogen-bond acceptors (Lipinski definition) is 4. The van der Waals surface area contributed by atoms with Gasteiger partial charge in [-0.1, -0.05) is 6.07 Å². The Bertz CT molecular complexity index is 817. The number of carbonyl (C=O) groups is 1. The van der Waals surface area contributed by atoms with Crippen molar-refractivity contribution in [3.05, 3.63) is 34.2 Å². The Morgan fingerprint density at radius 1 is 1.37 bits per heavy atom. The first kappa shape index (κ1) is 18.3. The molecular formula is C18H21F3N4OS. The van der Waals surface area contributed by atoms with Gasteiger partial charge in [-0.25, -0.2) is 4.68 Å². The first-order valence-electron chi connectivity index (χ1n) is 9.12. The number of nitrogens with one attached hydrogen (secondary N) is 1. The van der Waals surface area contributed by atoms with Crippen LogP contribution in [0.5, 0.6) is 0 Å². The zero-order chi connectivity index (χ0) is 19.2. The van der Waals surface area contributed by atoms with E-state index >= 15 is 0 Å². The van der Waals surface area contributed by atoms with Crippen molar-refractivity contribution < 1.29 is 18.0 Å². The van der Waals surface area contributed by atoms with E-state index in [-0.39, 0.29) is 29.9 Å². The number of anilines is 1. The van der Waals surface area contributed by atoms with Crippen LogP contribution in [0.4, 0.5) is 19.0 Å². The maximum absolute atomic E-state index is 13.7. The van der Waals surface area contributed by atoms with Crippen molar-refractivity contribution in [3.63, 3.8) is 0 Å². The van der Waals surface area contributed by atoms with Gasteiger partial charge in [0.2, 0.25) is 0 Å². The predicted octanol–water partition coefficient (Wildman–Crippen LogP) is 4.62. The van der Waals surface area contributed by atoms with E-state index in [1.807, 2.05) is 24.4 Å². The summed E-state index contributed by atoms with van der Waals surface area (Å²) in [6.07, 6.45) is -1.70. The molecule has 3 atom stereocenters. The van der Waals surface area contributed by atoms with Gasteiger partial charge in [-0.15, -0.1) is 11.3 Å². The van der Waals surface area contributed by atoms with Gasteiger partial charge in [-0.2, -0.15) is 18.3 Å². The van der Waals surface area contributed by atoms with Gasteiger partial charge in [-0.05, 0) is 37.6 Å². The summed E-state index contributed by atoms with van der Waals surface area (Å²) in [6, 6.07) is 2.99. The molecule has 146 valence electrons. The number of fused-ring (bicyclic) bond motifs is 1. The third kappa shape index (κ3) is 3.44. The van der Waals surface area contributed by atoms with Gasteiger partial charge >= 0.3 is 6.18 Å². The van der Waals surface area contributed by atoms with E-state index < -0.39 is 18.3 Å². The molecule has 0 saturated carbocycles. The van der Waals surface area contributed by atoms with E-state index in [0.717, 1.165) is 28.8 Å². The molecule has 2 aliphatic rings. The Labute approximate surface area is 159 Å². The van der Waals surface area contributed by atoms with Gasteiger partial charge < -0.3 is 10.2 Å². The maximum Gasteiger partial charge on any atom is 0.410 e. The number of piperidine rings is 1. The molecule has 9 heteroatoms. The van der Waals surface area contributed by atoms with Gasteiger partial charge in [0, 0.05) is 30.0 Å². The van der Waals surface area contributed by atoms with Crippen molar-refractivity contribution in [1.29, 1.82) is 0 Å². The standard InChI is InChI=1S/C18H21F3N4OS/c1-11-5-2-3-7-24(11)17(26)13-10-16-22-12(14-6-4-8-27-14)9-15(18(19,20)21)25(16)23-13/h4,6,8,10-12,15,22H,2-3,5,7,9H2,1H3. The minimum absolute atomic E-state index is 0.0762. The van der Waals surface area contributed by atoms with Crippen LogP contribution in [0.25, 0.3) is 0 Å². The second-order valence-electron chi connectivity index (χ2n) is 7.21. The number of aromatic nitrogens is 2. The second kappa shape index (κ2) is 6.85. The Kier molecular flexibility index (Phi) is 4.65. The quantitative estimate of drug-likeness (QED) is 0.803. The number of likely N-dealkylation sites (tertiary alicyclic amines) is 1. The largest absolute Gasteiger partial charge is 0.410 e. The summed E-state index contributed by atoms with van der Waals surface area (Å²) < 4.78 is 42.0. The molecule has 4 rings (SSSR count). The third-order valence-corrected chi connectivity index (χ3v) is 6.35. The molecule has 27 heavy (non-hydrogen) atoms. The number of rotatable bonds is 2. The summed E-state index contributed by atoms with van der Waals surface area (Å²) in [5.41, 5.74) is 0.0762. The fourth-order valence-electron chi connectivity index (χ4n) is 3.90. The van der Waals surface area contributed by atoms with Gasteiger partial charge in [0.1, 0.15) is 5.82 Å². The SMILES string of the molecule is CC1CCCCN1C(=O)c1cc2n(n1)C(C(F)(F)F)CC(c1cccs1)N2. The summed E-state index contributed by atoms with van der Waals surface area (Å²) in [6.45, 7) is 2.59. The average Bonchev–Trinajstić information content (AvgIpc) is 3.29. The Morgan fingerprint density at radius 2 is 2.19 bits per heavy atom. The lowest BCUT2D eigenvalue weighted by Crippen LogP contribution is -2.42.